The third kappa shape index (κ3) is 4.27. The number of aromatic nitrogens is 4. The van der Waals surface area contributed by atoms with Crippen molar-refractivity contribution in [1.29, 1.82) is 0 Å². The van der Waals surface area contributed by atoms with Crippen LogP contribution in [-0.4, -0.2) is 45.8 Å². The Morgan fingerprint density at radius 1 is 1.30 bits per heavy atom. The summed E-state index contributed by atoms with van der Waals surface area (Å²) in [5.41, 5.74) is 0.884. The molecule has 10 heteroatoms. The van der Waals surface area contributed by atoms with Crippen molar-refractivity contribution in [2.45, 2.75) is 30.8 Å². The molecule has 0 radical (unpaired) electrons. The number of nitrogens with zero attached hydrogens (tertiary/aromatic N) is 4. The van der Waals surface area contributed by atoms with Gasteiger partial charge in [0.25, 0.3) is 0 Å². The van der Waals surface area contributed by atoms with Crippen LogP contribution in [0.4, 0.5) is 10.2 Å². The number of carbonyl (C=O) groups is 1. The van der Waals surface area contributed by atoms with Crippen molar-refractivity contribution < 1.29 is 9.18 Å². The molecule has 156 valence electrons. The monoisotopic (exact) mass is 446 g/mol. The largest absolute Gasteiger partial charge is 0.368 e. The van der Waals surface area contributed by atoms with Crippen molar-refractivity contribution in [3.63, 3.8) is 0 Å². The number of alkyl halides is 1. The summed E-state index contributed by atoms with van der Waals surface area (Å²) in [5.74, 6) is 0.513. The van der Waals surface area contributed by atoms with Gasteiger partial charge in [-0.05, 0) is 37.1 Å². The molecule has 0 saturated heterocycles. The molecule has 30 heavy (non-hydrogen) atoms. The normalized spacial score (nSPS) is 20.4. The van der Waals surface area contributed by atoms with Crippen molar-refractivity contribution >= 4 is 34.7 Å². The van der Waals surface area contributed by atoms with Crippen LogP contribution in [0.2, 0.25) is 5.02 Å². The fraction of sp³-hybridized carbons (Fsp3) is 0.350. The molecule has 0 aliphatic heterocycles. The molecular formula is C20H20ClFN6OS. The second-order valence-corrected chi connectivity index (χ2v) is 8.78. The number of likely N-dealkylation sites (N-methyl/N-ethyl adjacent to an activating group) is 1. The fourth-order valence-corrected chi connectivity index (χ4v) is 4.74. The van der Waals surface area contributed by atoms with E-state index in [1.54, 1.807) is 31.6 Å². The van der Waals surface area contributed by atoms with Gasteiger partial charge in [-0.2, -0.15) is 0 Å². The predicted molar refractivity (Wildman–Crippen MR) is 114 cm³/mol. The smallest absolute Gasteiger partial charge is 0.225 e. The Morgan fingerprint density at radius 2 is 2.13 bits per heavy atom. The predicted octanol–water partition coefficient (Wildman–Crippen LogP) is 3.42. The first-order valence-corrected chi connectivity index (χ1v) is 10.7. The van der Waals surface area contributed by atoms with Crippen LogP contribution >= 0.6 is 22.9 Å². The average Bonchev–Trinajstić information content (AvgIpc) is 3.19. The van der Waals surface area contributed by atoms with Crippen molar-refractivity contribution in [3.05, 3.63) is 52.3 Å². The third-order valence-corrected chi connectivity index (χ3v) is 6.47. The van der Waals surface area contributed by atoms with Crippen LogP contribution in [0, 0.1) is 0 Å². The first-order chi connectivity index (χ1) is 14.5. The van der Waals surface area contributed by atoms with Gasteiger partial charge in [0.05, 0.1) is 17.1 Å². The van der Waals surface area contributed by atoms with Crippen LogP contribution in [0.3, 0.4) is 0 Å². The zero-order valence-electron chi connectivity index (χ0n) is 16.2. The van der Waals surface area contributed by atoms with E-state index in [0.29, 0.717) is 46.6 Å². The van der Waals surface area contributed by atoms with Gasteiger partial charge in [-0.25, -0.2) is 9.37 Å². The van der Waals surface area contributed by atoms with Gasteiger partial charge in [-0.3, -0.25) is 9.78 Å². The lowest BCUT2D eigenvalue weighted by Gasteiger charge is -2.44. The topological polar surface area (TPSA) is 92.7 Å². The molecule has 0 atom stereocenters. The Morgan fingerprint density at radius 3 is 2.80 bits per heavy atom. The molecule has 1 fully saturated rings. The summed E-state index contributed by atoms with van der Waals surface area (Å²) >= 11 is 7.72. The Labute approximate surface area is 182 Å². The molecule has 3 aromatic heterocycles. The van der Waals surface area contributed by atoms with Crippen molar-refractivity contribution in [1.82, 2.24) is 25.5 Å². The summed E-state index contributed by atoms with van der Waals surface area (Å²) in [7, 11) is 1.60. The molecule has 0 spiro atoms. The maximum Gasteiger partial charge on any atom is 0.225 e. The summed E-state index contributed by atoms with van der Waals surface area (Å²) in [6, 6.07) is 7.16. The van der Waals surface area contributed by atoms with E-state index in [-0.39, 0.29) is 12.3 Å². The Kier molecular flexibility index (Phi) is 5.92. The molecule has 4 rings (SSSR count). The van der Waals surface area contributed by atoms with Gasteiger partial charge >= 0.3 is 0 Å². The van der Waals surface area contributed by atoms with E-state index in [4.69, 9.17) is 11.6 Å². The molecule has 0 unspecified atom stereocenters. The van der Waals surface area contributed by atoms with Crippen LogP contribution in [0.25, 0.3) is 10.7 Å². The van der Waals surface area contributed by atoms with Crippen LogP contribution in [-0.2, 0) is 16.6 Å². The van der Waals surface area contributed by atoms with Crippen molar-refractivity contribution in [2.75, 3.05) is 18.9 Å². The van der Waals surface area contributed by atoms with Crippen LogP contribution in [0.15, 0.2) is 36.7 Å². The van der Waals surface area contributed by atoms with Crippen LogP contribution < -0.4 is 10.6 Å². The molecule has 7 nitrogen and oxygen atoms in total. The highest BCUT2D eigenvalue weighted by atomic mass is 35.5. The van der Waals surface area contributed by atoms with Gasteiger partial charge in [-0.15, -0.1) is 21.5 Å². The Balaban J connectivity index is 1.44. The van der Waals surface area contributed by atoms with Gasteiger partial charge in [0, 0.05) is 36.3 Å². The first kappa shape index (κ1) is 20.6. The highest BCUT2D eigenvalue weighted by Gasteiger charge is 2.48. The SMILES string of the molecule is CNC(=O)Cc1cnc(-c2ccc(NCC3(c4ncccc4Cl)CC(F)C3)nn2)s1. The number of carbonyl (C=O) groups excluding carboxylic acids is 1. The lowest BCUT2D eigenvalue weighted by molar-refractivity contribution is -0.119. The van der Waals surface area contributed by atoms with Gasteiger partial charge in [0.2, 0.25) is 5.91 Å². The maximum absolute atomic E-state index is 13.7. The molecule has 1 saturated carbocycles. The Bertz CT molecular complexity index is 1040. The minimum atomic E-state index is -0.854. The highest BCUT2D eigenvalue weighted by molar-refractivity contribution is 7.15. The number of amides is 1. The summed E-state index contributed by atoms with van der Waals surface area (Å²) in [4.78, 5) is 21.1. The average molecular weight is 447 g/mol. The quantitative estimate of drug-likeness (QED) is 0.577. The van der Waals surface area contributed by atoms with E-state index in [0.717, 1.165) is 4.88 Å². The third-order valence-electron chi connectivity index (χ3n) is 5.14. The lowest BCUT2D eigenvalue weighted by Crippen LogP contribution is -2.48. The van der Waals surface area contributed by atoms with E-state index >= 15 is 0 Å². The van der Waals surface area contributed by atoms with Crippen molar-refractivity contribution in [3.8, 4) is 10.7 Å². The number of hydrogen-bond donors (Lipinski definition) is 2. The number of rotatable bonds is 7. The second-order valence-electron chi connectivity index (χ2n) is 7.26. The van der Waals surface area contributed by atoms with Gasteiger partial charge < -0.3 is 10.6 Å². The number of nitrogens with one attached hydrogen (secondary N) is 2. The molecule has 1 amide bonds. The standard InChI is InChI=1S/C20H20ClFN6OS/c1-23-17(29)7-13-10-25-19(30-13)15-4-5-16(28-27-15)26-11-20(8-12(22)9-20)18-14(21)3-2-6-24-18/h2-6,10,12H,7-9,11H2,1H3,(H,23,29)(H,26,28). The number of hydrogen-bond acceptors (Lipinski definition) is 7. The molecule has 3 aromatic rings. The van der Waals surface area contributed by atoms with E-state index in [2.05, 4.69) is 30.8 Å². The zero-order chi connectivity index (χ0) is 21.1. The molecular weight excluding hydrogens is 427 g/mol. The number of anilines is 1. The van der Waals surface area contributed by atoms with Crippen LogP contribution in [0.1, 0.15) is 23.4 Å². The fourth-order valence-electron chi connectivity index (χ4n) is 3.54. The van der Waals surface area contributed by atoms with E-state index in [1.165, 1.54) is 11.3 Å². The molecule has 0 aromatic carbocycles. The maximum atomic E-state index is 13.7. The molecule has 1 aliphatic rings. The van der Waals surface area contributed by atoms with Crippen molar-refractivity contribution in [2.24, 2.45) is 0 Å². The number of pyridine rings is 1. The number of thiazole rings is 1. The van der Waals surface area contributed by atoms with E-state index in [1.807, 2.05) is 12.1 Å². The molecule has 1 aliphatic carbocycles. The van der Waals surface area contributed by atoms with Gasteiger partial charge in [0.15, 0.2) is 0 Å². The minimum absolute atomic E-state index is 0.0655. The summed E-state index contributed by atoms with van der Waals surface area (Å²) in [6.45, 7) is 0.464. The molecule has 0 bridgehead atoms. The summed E-state index contributed by atoms with van der Waals surface area (Å²) in [6.07, 6.45) is 3.52. The number of halogens is 2. The van der Waals surface area contributed by atoms with E-state index < -0.39 is 11.6 Å². The molecule has 2 N–H and O–H groups in total. The highest BCUT2D eigenvalue weighted by Crippen LogP contribution is 2.46. The first-order valence-electron chi connectivity index (χ1n) is 9.47. The van der Waals surface area contributed by atoms with E-state index in [9.17, 15) is 9.18 Å². The summed E-state index contributed by atoms with van der Waals surface area (Å²) < 4.78 is 13.7. The Hall–Kier alpha value is -2.65. The lowest BCUT2D eigenvalue weighted by atomic mass is 9.65. The minimum Gasteiger partial charge on any atom is -0.368 e. The van der Waals surface area contributed by atoms with Gasteiger partial charge in [0.1, 0.15) is 22.7 Å². The zero-order valence-corrected chi connectivity index (χ0v) is 17.8. The summed E-state index contributed by atoms with van der Waals surface area (Å²) in [5, 5.41) is 15.5. The van der Waals surface area contributed by atoms with Gasteiger partial charge in [-0.1, -0.05) is 11.6 Å². The van der Waals surface area contributed by atoms with Crippen LogP contribution in [0.5, 0.6) is 0 Å². The second kappa shape index (κ2) is 8.61. The molecule has 3 heterocycles.